The molecule has 2 heterocycles. The molecule has 28 heavy (non-hydrogen) atoms. The molecule has 5 nitrogen and oxygen atoms in total. The van der Waals surface area contributed by atoms with Gasteiger partial charge in [0.05, 0.1) is 5.69 Å². The van der Waals surface area contributed by atoms with Crippen molar-refractivity contribution >= 4 is 5.91 Å². The van der Waals surface area contributed by atoms with Crippen LogP contribution in [0.1, 0.15) is 28.5 Å². The van der Waals surface area contributed by atoms with Gasteiger partial charge in [0.15, 0.2) is 0 Å². The first-order chi connectivity index (χ1) is 13.6. The summed E-state index contributed by atoms with van der Waals surface area (Å²) in [6, 6.07) is 16.5. The Labute approximate surface area is 163 Å². The van der Waals surface area contributed by atoms with E-state index in [9.17, 15) is 9.18 Å². The second kappa shape index (κ2) is 7.94. The number of aromatic amines is 1. The predicted octanol–water partition coefficient (Wildman–Crippen LogP) is 3.39. The summed E-state index contributed by atoms with van der Waals surface area (Å²) in [6.07, 6.45) is 1.03. The third kappa shape index (κ3) is 3.97. The molecule has 6 heteroatoms. The van der Waals surface area contributed by atoms with Crippen molar-refractivity contribution in [1.29, 1.82) is 0 Å². The van der Waals surface area contributed by atoms with Crippen LogP contribution in [0.25, 0.3) is 11.3 Å². The number of aromatic nitrogens is 2. The molecule has 144 valence electrons. The van der Waals surface area contributed by atoms with E-state index in [1.165, 1.54) is 17.2 Å². The summed E-state index contributed by atoms with van der Waals surface area (Å²) >= 11 is 0. The molecule has 4 rings (SSSR count). The van der Waals surface area contributed by atoms with Crippen LogP contribution < -0.4 is 5.32 Å². The van der Waals surface area contributed by atoms with Gasteiger partial charge in [0.1, 0.15) is 11.5 Å². The van der Waals surface area contributed by atoms with Crippen molar-refractivity contribution in [3.63, 3.8) is 0 Å². The number of rotatable bonds is 5. The van der Waals surface area contributed by atoms with Crippen LogP contribution in [0.3, 0.4) is 0 Å². The van der Waals surface area contributed by atoms with E-state index in [1.54, 1.807) is 24.3 Å². The average Bonchev–Trinajstić information content (AvgIpc) is 3.18. The quantitative estimate of drug-likeness (QED) is 0.715. The summed E-state index contributed by atoms with van der Waals surface area (Å²) in [6.45, 7) is 4.65. The first-order valence-corrected chi connectivity index (χ1v) is 9.50. The van der Waals surface area contributed by atoms with Crippen LogP contribution in [-0.4, -0.2) is 40.1 Å². The van der Waals surface area contributed by atoms with E-state index < -0.39 is 0 Å². The van der Waals surface area contributed by atoms with Crippen molar-refractivity contribution in [3.8, 4) is 11.3 Å². The van der Waals surface area contributed by atoms with Crippen LogP contribution in [0.4, 0.5) is 4.39 Å². The molecule has 0 saturated heterocycles. The Morgan fingerprint density at radius 1 is 1.21 bits per heavy atom. The lowest BCUT2D eigenvalue weighted by Crippen LogP contribution is -2.43. The molecule has 1 atom stereocenters. The molecule has 0 fully saturated rings. The monoisotopic (exact) mass is 378 g/mol. The smallest absolute Gasteiger partial charge is 0.269 e. The second-order valence-corrected chi connectivity index (χ2v) is 7.28. The van der Waals surface area contributed by atoms with Gasteiger partial charge in [-0.1, -0.05) is 36.4 Å². The Hall–Kier alpha value is -2.99. The predicted molar refractivity (Wildman–Crippen MR) is 106 cm³/mol. The zero-order valence-electron chi connectivity index (χ0n) is 15.8. The zero-order chi connectivity index (χ0) is 19.5. The van der Waals surface area contributed by atoms with Crippen LogP contribution in [-0.2, 0) is 13.0 Å². The van der Waals surface area contributed by atoms with Gasteiger partial charge in [0.25, 0.3) is 5.91 Å². The number of amides is 1. The molecule has 0 aliphatic carbocycles. The lowest BCUT2D eigenvalue weighted by molar-refractivity contribution is 0.0922. The minimum atomic E-state index is -0.361. The molecule has 1 aliphatic heterocycles. The number of nitrogens with one attached hydrogen (secondary N) is 2. The summed E-state index contributed by atoms with van der Waals surface area (Å²) in [4.78, 5) is 14.9. The lowest BCUT2D eigenvalue weighted by Gasteiger charge is -2.31. The molecule has 0 unspecified atom stereocenters. The van der Waals surface area contributed by atoms with E-state index >= 15 is 0 Å². The highest BCUT2D eigenvalue weighted by Gasteiger charge is 2.20. The fourth-order valence-electron chi connectivity index (χ4n) is 3.69. The van der Waals surface area contributed by atoms with Gasteiger partial charge in [-0.05, 0) is 42.7 Å². The normalized spacial score (nSPS) is 15.1. The van der Waals surface area contributed by atoms with Crippen LogP contribution >= 0.6 is 0 Å². The average molecular weight is 378 g/mol. The number of hydrogen-bond acceptors (Lipinski definition) is 3. The molecule has 0 spiro atoms. The molecule has 1 amide bonds. The van der Waals surface area contributed by atoms with Crippen molar-refractivity contribution in [2.75, 3.05) is 13.1 Å². The van der Waals surface area contributed by atoms with Crippen molar-refractivity contribution < 1.29 is 9.18 Å². The number of H-pyrrole nitrogens is 1. The van der Waals surface area contributed by atoms with E-state index in [1.807, 2.05) is 6.92 Å². The number of carbonyl (C=O) groups is 1. The molecule has 0 saturated carbocycles. The molecule has 1 aliphatic rings. The lowest BCUT2D eigenvalue weighted by atomic mass is 10.00. The van der Waals surface area contributed by atoms with Crippen molar-refractivity contribution in [1.82, 2.24) is 20.4 Å². The van der Waals surface area contributed by atoms with Crippen molar-refractivity contribution in [3.05, 3.63) is 77.2 Å². The molecule has 2 N–H and O–H groups in total. The summed E-state index contributed by atoms with van der Waals surface area (Å²) in [5.41, 5.74) is 3.89. The fourth-order valence-corrected chi connectivity index (χ4v) is 3.69. The van der Waals surface area contributed by atoms with Gasteiger partial charge in [-0.25, -0.2) is 4.39 Å². The molecular weight excluding hydrogens is 355 g/mol. The molecular formula is C22H23FN4O. The highest BCUT2D eigenvalue weighted by atomic mass is 19.1. The Balaban J connectivity index is 1.36. The Morgan fingerprint density at radius 2 is 1.96 bits per heavy atom. The number of hydrogen-bond donors (Lipinski definition) is 2. The maximum absolute atomic E-state index is 13.9. The van der Waals surface area contributed by atoms with Gasteiger partial charge in [-0.2, -0.15) is 5.10 Å². The second-order valence-electron chi connectivity index (χ2n) is 7.28. The minimum absolute atomic E-state index is 0.0158. The molecule has 0 radical (unpaired) electrons. The number of halogens is 1. The van der Waals surface area contributed by atoms with Gasteiger partial charge in [0, 0.05) is 31.2 Å². The number of fused-ring (bicyclic) bond motifs is 1. The molecule has 3 aromatic rings. The number of benzene rings is 2. The highest BCUT2D eigenvalue weighted by molar-refractivity contribution is 5.93. The van der Waals surface area contributed by atoms with Crippen molar-refractivity contribution in [2.24, 2.45) is 0 Å². The van der Waals surface area contributed by atoms with E-state index in [4.69, 9.17) is 0 Å². The van der Waals surface area contributed by atoms with Crippen LogP contribution in [0.5, 0.6) is 0 Å². The van der Waals surface area contributed by atoms with Crippen LogP contribution in [0, 0.1) is 5.82 Å². The van der Waals surface area contributed by atoms with E-state index in [2.05, 4.69) is 44.7 Å². The standard InChI is InChI=1S/C22H23FN4O/c1-15(13-27-11-10-16-6-2-3-7-17(16)14-27)24-22(28)21-12-20(25-26-21)18-8-4-5-9-19(18)23/h2-9,12,15H,10-11,13-14H2,1H3,(H,24,28)(H,25,26)/t15-/m0/s1. The van der Waals surface area contributed by atoms with Crippen LogP contribution in [0.15, 0.2) is 54.6 Å². The van der Waals surface area contributed by atoms with Gasteiger partial charge < -0.3 is 5.32 Å². The third-order valence-corrected chi connectivity index (χ3v) is 5.09. The molecule has 0 bridgehead atoms. The summed E-state index contributed by atoms with van der Waals surface area (Å²) < 4.78 is 13.9. The van der Waals surface area contributed by atoms with Gasteiger partial charge in [-0.3, -0.25) is 14.8 Å². The first-order valence-electron chi connectivity index (χ1n) is 9.50. The van der Waals surface area contributed by atoms with E-state index in [-0.39, 0.29) is 17.8 Å². The Morgan fingerprint density at radius 3 is 2.79 bits per heavy atom. The summed E-state index contributed by atoms with van der Waals surface area (Å²) in [5.74, 6) is -0.597. The third-order valence-electron chi connectivity index (χ3n) is 5.09. The van der Waals surface area contributed by atoms with Gasteiger partial charge >= 0.3 is 0 Å². The largest absolute Gasteiger partial charge is 0.347 e. The van der Waals surface area contributed by atoms with E-state index in [0.717, 1.165) is 26.1 Å². The number of nitrogens with zero attached hydrogens (tertiary/aromatic N) is 2. The first kappa shape index (κ1) is 18.4. The van der Waals surface area contributed by atoms with Gasteiger partial charge in [0.2, 0.25) is 0 Å². The number of carbonyl (C=O) groups excluding carboxylic acids is 1. The maximum Gasteiger partial charge on any atom is 0.269 e. The minimum Gasteiger partial charge on any atom is -0.347 e. The Bertz CT molecular complexity index is 984. The van der Waals surface area contributed by atoms with Gasteiger partial charge in [-0.15, -0.1) is 0 Å². The zero-order valence-corrected chi connectivity index (χ0v) is 15.8. The molecule has 2 aromatic carbocycles. The SMILES string of the molecule is C[C@@H](CN1CCc2ccccc2C1)NC(=O)c1cc(-c2ccccc2F)n[nH]1. The van der Waals surface area contributed by atoms with Crippen molar-refractivity contribution in [2.45, 2.75) is 25.9 Å². The van der Waals surface area contributed by atoms with Crippen LogP contribution in [0.2, 0.25) is 0 Å². The molecule has 1 aromatic heterocycles. The topological polar surface area (TPSA) is 61.0 Å². The fraction of sp³-hybridized carbons (Fsp3) is 0.273. The summed E-state index contributed by atoms with van der Waals surface area (Å²) in [5, 5.41) is 9.79. The maximum atomic E-state index is 13.9. The van der Waals surface area contributed by atoms with E-state index in [0.29, 0.717) is 17.0 Å². The summed E-state index contributed by atoms with van der Waals surface area (Å²) in [7, 11) is 0. The Kier molecular flexibility index (Phi) is 5.21. The highest BCUT2D eigenvalue weighted by Crippen LogP contribution is 2.21.